The quantitative estimate of drug-likeness (QED) is 0.806. The molecule has 0 fully saturated rings. The third-order valence-electron chi connectivity index (χ3n) is 2.22. The number of nitrogens with one attached hydrogen (secondary N) is 1. The van der Waals surface area contributed by atoms with Crippen LogP contribution in [0.2, 0.25) is 0 Å². The molecule has 1 aromatic rings. The van der Waals surface area contributed by atoms with Gasteiger partial charge in [-0.05, 0) is 34.3 Å². The van der Waals surface area contributed by atoms with Gasteiger partial charge >= 0.3 is 0 Å². The van der Waals surface area contributed by atoms with E-state index in [4.69, 9.17) is 10.5 Å². The van der Waals surface area contributed by atoms with Crippen LogP contribution in [0, 0.1) is 0 Å². The van der Waals surface area contributed by atoms with Crippen LogP contribution in [0.5, 0.6) is 0 Å². The van der Waals surface area contributed by atoms with E-state index >= 15 is 0 Å². The molecule has 4 nitrogen and oxygen atoms in total. The van der Waals surface area contributed by atoms with Crippen molar-refractivity contribution < 1.29 is 9.53 Å². The van der Waals surface area contributed by atoms with E-state index in [0.29, 0.717) is 26.1 Å². The Morgan fingerprint density at radius 3 is 3.00 bits per heavy atom. The monoisotopic (exact) mass is 320 g/mol. The number of hydrogen-bond donors (Lipinski definition) is 2. The highest BCUT2D eigenvalue weighted by Crippen LogP contribution is 2.22. The smallest absolute Gasteiger partial charge is 0.222 e. The van der Waals surface area contributed by atoms with E-state index < -0.39 is 0 Å². The second kappa shape index (κ2) is 7.81. The first-order valence-corrected chi connectivity index (χ1v) is 7.14. The molecule has 1 aromatic heterocycles. The Kier molecular flexibility index (Phi) is 6.72. The second-order valence-electron chi connectivity index (χ2n) is 3.49. The van der Waals surface area contributed by atoms with Crippen LogP contribution < -0.4 is 11.1 Å². The van der Waals surface area contributed by atoms with Crippen LogP contribution in [0.4, 0.5) is 0 Å². The van der Waals surface area contributed by atoms with Crippen molar-refractivity contribution in [2.45, 2.75) is 26.0 Å². The minimum Gasteiger partial charge on any atom is -0.377 e. The zero-order chi connectivity index (χ0) is 12.7. The lowest BCUT2D eigenvalue weighted by Crippen LogP contribution is -2.32. The van der Waals surface area contributed by atoms with Crippen molar-refractivity contribution in [3.63, 3.8) is 0 Å². The van der Waals surface area contributed by atoms with Gasteiger partial charge in [-0.25, -0.2) is 0 Å². The van der Waals surface area contributed by atoms with E-state index in [9.17, 15) is 4.79 Å². The van der Waals surface area contributed by atoms with Gasteiger partial charge in [0.05, 0.1) is 19.1 Å². The van der Waals surface area contributed by atoms with Crippen LogP contribution in [0.3, 0.4) is 0 Å². The Hall–Kier alpha value is -0.430. The molecule has 0 radical (unpaired) electrons. The summed E-state index contributed by atoms with van der Waals surface area (Å²) in [6.07, 6.45) is 0.125. The molecule has 1 atom stereocenters. The summed E-state index contributed by atoms with van der Waals surface area (Å²) in [4.78, 5) is 12.7. The highest BCUT2D eigenvalue weighted by Gasteiger charge is 2.12. The Bertz CT molecular complexity index is 357. The standard InChI is InChI=1S/C11H17BrN2O2S/c1-2-16-8(6-13)5-11(15)14-7-10-9(12)3-4-17-10/h3-4,8H,2,5-7,13H2,1H3,(H,14,15). The molecule has 0 bridgehead atoms. The molecule has 0 aliphatic carbocycles. The zero-order valence-electron chi connectivity index (χ0n) is 9.74. The first-order chi connectivity index (χ1) is 8.17. The van der Waals surface area contributed by atoms with Gasteiger partial charge in [-0.3, -0.25) is 4.79 Å². The van der Waals surface area contributed by atoms with Crippen LogP contribution in [0.1, 0.15) is 18.2 Å². The third-order valence-corrected chi connectivity index (χ3v) is 4.14. The molecule has 0 aliphatic heterocycles. The lowest BCUT2D eigenvalue weighted by molar-refractivity contribution is -0.123. The fourth-order valence-electron chi connectivity index (χ4n) is 1.36. The first-order valence-electron chi connectivity index (χ1n) is 5.47. The molecule has 1 heterocycles. The maximum atomic E-state index is 11.6. The van der Waals surface area contributed by atoms with Crippen molar-refractivity contribution in [2.75, 3.05) is 13.2 Å². The van der Waals surface area contributed by atoms with Crippen LogP contribution in [0.15, 0.2) is 15.9 Å². The largest absolute Gasteiger partial charge is 0.377 e. The maximum Gasteiger partial charge on any atom is 0.222 e. The molecule has 17 heavy (non-hydrogen) atoms. The molecule has 0 saturated carbocycles. The van der Waals surface area contributed by atoms with Gasteiger partial charge in [0.1, 0.15) is 0 Å². The molecule has 1 rings (SSSR count). The minimum absolute atomic E-state index is 0.0331. The van der Waals surface area contributed by atoms with Gasteiger partial charge in [0.15, 0.2) is 0 Å². The van der Waals surface area contributed by atoms with E-state index in [1.807, 2.05) is 18.4 Å². The van der Waals surface area contributed by atoms with Crippen molar-refractivity contribution in [1.29, 1.82) is 0 Å². The van der Waals surface area contributed by atoms with Gasteiger partial charge in [0.25, 0.3) is 0 Å². The van der Waals surface area contributed by atoms with Crippen molar-refractivity contribution in [2.24, 2.45) is 5.73 Å². The highest BCUT2D eigenvalue weighted by atomic mass is 79.9. The summed E-state index contributed by atoms with van der Waals surface area (Å²) in [5, 5.41) is 4.84. The van der Waals surface area contributed by atoms with Crippen molar-refractivity contribution in [3.8, 4) is 0 Å². The second-order valence-corrected chi connectivity index (χ2v) is 5.34. The number of nitrogens with two attached hydrogens (primary N) is 1. The van der Waals surface area contributed by atoms with Gasteiger partial charge in [-0.15, -0.1) is 11.3 Å². The first kappa shape index (κ1) is 14.6. The van der Waals surface area contributed by atoms with E-state index in [0.717, 1.165) is 9.35 Å². The van der Waals surface area contributed by atoms with Crippen LogP contribution in [-0.4, -0.2) is 25.2 Å². The van der Waals surface area contributed by atoms with Crippen molar-refractivity contribution in [3.05, 3.63) is 20.8 Å². The summed E-state index contributed by atoms with van der Waals surface area (Å²) in [5.74, 6) is -0.0331. The average Bonchev–Trinajstić information content (AvgIpc) is 2.71. The number of carbonyl (C=O) groups is 1. The van der Waals surface area contributed by atoms with E-state index in [-0.39, 0.29) is 12.0 Å². The zero-order valence-corrected chi connectivity index (χ0v) is 12.1. The Balaban J connectivity index is 2.32. The fourth-order valence-corrected chi connectivity index (χ4v) is 2.79. The van der Waals surface area contributed by atoms with Crippen molar-refractivity contribution >= 4 is 33.2 Å². The molecular formula is C11H17BrN2O2S. The summed E-state index contributed by atoms with van der Waals surface area (Å²) in [7, 11) is 0. The lowest BCUT2D eigenvalue weighted by atomic mass is 10.2. The molecule has 0 aliphatic rings. The van der Waals surface area contributed by atoms with E-state index in [1.54, 1.807) is 11.3 Å². The number of halogens is 1. The summed E-state index contributed by atoms with van der Waals surface area (Å²) in [5.41, 5.74) is 5.51. The SMILES string of the molecule is CCOC(CN)CC(=O)NCc1sccc1Br. The number of hydrogen-bond acceptors (Lipinski definition) is 4. The van der Waals surface area contributed by atoms with Crippen molar-refractivity contribution in [1.82, 2.24) is 5.32 Å². The Morgan fingerprint density at radius 1 is 1.71 bits per heavy atom. The van der Waals surface area contributed by atoms with Gasteiger partial charge in [0, 0.05) is 22.5 Å². The maximum absolute atomic E-state index is 11.6. The number of amides is 1. The number of rotatable bonds is 7. The predicted octanol–water partition coefficient (Wildman–Crippen LogP) is 1.88. The molecule has 96 valence electrons. The molecule has 6 heteroatoms. The van der Waals surface area contributed by atoms with Gasteiger partial charge < -0.3 is 15.8 Å². The molecule has 1 amide bonds. The fraction of sp³-hybridized carbons (Fsp3) is 0.545. The van der Waals surface area contributed by atoms with Gasteiger partial charge in [-0.1, -0.05) is 0 Å². The molecule has 3 N–H and O–H groups in total. The van der Waals surface area contributed by atoms with Gasteiger partial charge in [0.2, 0.25) is 5.91 Å². The number of ether oxygens (including phenoxy) is 1. The Morgan fingerprint density at radius 2 is 2.47 bits per heavy atom. The normalized spacial score (nSPS) is 12.4. The molecular weight excluding hydrogens is 304 g/mol. The summed E-state index contributed by atoms with van der Waals surface area (Å²) < 4.78 is 6.36. The van der Waals surface area contributed by atoms with Gasteiger partial charge in [-0.2, -0.15) is 0 Å². The minimum atomic E-state index is -0.188. The molecule has 0 saturated heterocycles. The van der Waals surface area contributed by atoms with E-state index in [2.05, 4.69) is 21.2 Å². The molecule has 1 unspecified atom stereocenters. The van der Waals surface area contributed by atoms with Crippen LogP contribution in [-0.2, 0) is 16.1 Å². The third kappa shape index (κ3) is 5.16. The van der Waals surface area contributed by atoms with Crippen LogP contribution in [0.25, 0.3) is 0 Å². The molecule has 0 spiro atoms. The van der Waals surface area contributed by atoms with Crippen LogP contribution >= 0.6 is 27.3 Å². The summed E-state index contributed by atoms with van der Waals surface area (Å²) >= 11 is 5.03. The summed E-state index contributed by atoms with van der Waals surface area (Å²) in [6, 6.07) is 1.97. The summed E-state index contributed by atoms with van der Waals surface area (Å²) in [6.45, 7) is 3.37. The Labute approximate surface area is 114 Å². The highest BCUT2D eigenvalue weighted by molar-refractivity contribution is 9.10. The molecule has 0 aromatic carbocycles. The number of thiophene rings is 1. The predicted molar refractivity (Wildman–Crippen MR) is 73.0 cm³/mol. The van der Waals surface area contributed by atoms with E-state index in [1.165, 1.54) is 0 Å². The number of carbonyl (C=O) groups excluding carboxylic acids is 1. The lowest BCUT2D eigenvalue weighted by Gasteiger charge is -2.14. The average molecular weight is 321 g/mol. The topological polar surface area (TPSA) is 64.3 Å².